The number of pyridine rings is 1. The molecular weight excluding hydrogens is 320 g/mol. The molecule has 0 fully saturated rings. The van der Waals surface area contributed by atoms with Crippen LogP contribution in [0.2, 0.25) is 0 Å². The third-order valence-electron chi connectivity index (χ3n) is 3.25. The van der Waals surface area contributed by atoms with Gasteiger partial charge in [0, 0.05) is 11.8 Å². The van der Waals surface area contributed by atoms with Crippen molar-refractivity contribution in [3.63, 3.8) is 0 Å². The van der Waals surface area contributed by atoms with Crippen molar-refractivity contribution < 1.29 is 18.7 Å². The summed E-state index contributed by atoms with van der Waals surface area (Å²) in [5.74, 6) is 0.307. The van der Waals surface area contributed by atoms with Crippen LogP contribution in [0.15, 0.2) is 59.3 Å². The molecule has 3 aromatic rings. The van der Waals surface area contributed by atoms with Crippen molar-refractivity contribution in [1.82, 2.24) is 9.97 Å². The van der Waals surface area contributed by atoms with E-state index in [-0.39, 0.29) is 18.4 Å². The van der Waals surface area contributed by atoms with E-state index in [2.05, 4.69) is 9.97 Å². The van der Waals surface area contributed by atoms with E-state index >= 15 is 0 Å². The molecule has 0 aliphatic rings. The van der Waals surface area contributed by atoms with Gasteiger partial charge < -0.3 is 13.9 Å². The topological polar surface area (TPSA) is 74.5 Å². The maximum atomic E-state index is 12.3. The van der Waals surface area contributed by atoms with E-state index < -0.39 is 5.97 Å². The van der Waals surface area contributed by atoms with Crippen molar-refractivity contribution in [2.45, 2.75) is 26.6 Å². The molecule has 2 aromatic heterocycles. The molecule has 6 nitrogen and oxygen atoms in total. The monoisotopic (exact) mass is 338 g/mol. The summed E-state index contributed by atoms with van der Waals surface area (Å²) in [5, 5.41) is 0. The van der Waals surface area contributed by atoms with Crippen LogP contribution in [0.25, 0.3) is 11.5 Å². The van der Waals surface area contributed by atoms with Gasteiger partial charge >= 0.3 is 5.97 Å². The number of hydrogen-bond acceptors (Lipinski definition) is 6. The van der Waals surface area contributed by atoms with Crippen molar-refractivity contribution in [3.05, 3.63) is 66.3 Å². The number of oxazole rings is 1. The minimum absolute atomic E-state index is 0.00708. The van der Waals surface area contributed by atoms with Crippen LogP contribution in [0.4, 0.5) is 0 Å². The van der Waals surface area contributed by atoms with E-state index in [0.717, 1.165) is 5.56 Å². The van der Waals surface area contributed by atoms with Gasteiger partial charge in [0.15, 0.2) is 11.4 Å². The second-order valence-electron chi connectivity index (χ2n) is 5.60. The standard InChI is InChI=1S/C19H18N2O4/c1-13(2)25-16-9-6-10-20-17(16)19(22)24-12-15-11-23-18(21-15)14-7-4-3-5-8-14/h3-11,13H,12H2,1-2H3. The quantitative estimate of drug-likeness (QED) is 0.635. The first-order valence-electron chi connectivity index (χ1n) is 7.92. The first kappa shape index (κ1) is 16.7. The number of carbonyl (C=O) groups is 1. The zero-order chi connectivity index (χ0) is 17.6. The Labute approximate surface area is 145 Å². The number of esters is 1. The van der Waals surface area contributed by atoms with Gasteiger partial charge in [0.05, 0.1) is 6.10 Å². The number of carbonyl (C=O) groups excluding carboxylic acids is 1. The predicted octanol–water partition coefficient (Wildman–Crippen LogP) is 3.88. The highest BCUT2D eigenvalue weighted by Crippen LogP contribution is 2.20. The van der Waals surface area contributed by atoms with E-state index in [1.54, 1.807) is 12.1 Å². The van der Waals surface area contributed by atoms with Crippen molar-refractivity contribution in [2.24, 2.45) is 0 Å². The molecule has 0 spiro atoms. The summed E-state index contributed by atoms with van der Waals surface area (Å²) in [4.78, 5) is 20.6. The first-order valence-corrected chi connectivity index (χ1v) is 7.92. The van der Waals surface area contributed by atoms with Gasteiger partial charge in [0.2, 0.25) is 5.89 Å². The van der Waals surface area contributed by atoms with Gasteiger partial charge in [-0.15, -0.1) is 0 Å². The summed E-state index contributed by atoms with van der Waals surface area (Å²) >= 11 is 0. The van der Waals surface area contributed by atoms with Crippen LogP contribution < -0.4 is 4.74 Å². The molecule has 128 valence electrons. The Morgan fingerprint density at radius 1 is 1.16 bits per heavy atom. The van der Waals surface area contributed by atoms with Crippen LogP contribution in [0, 0.1) is 0 Å². The molecule has 3 rings (SSSR count). The zero-order valence-corrected chi connectivity index (χ0v) is 14.0. The number of hydrogen-bond donors (Lipinski definition) is 0. The first-order chi connectivity index (χ1) is 12.1. The van der Waals surface area contributed by atoms with Gasteiger partial charge in [-0.25, -0.2) is 14.8 Å². The third kappa shape index (κ3) is 4.23. The lowest BCUT2D eigenvalue weighted by Gasteiger charge is -2.12. The summed E-state index contributed by atoms with van der Waals surface area (Å²) in [5.41, 5.74) is 1.52. The molecule has 0 atom stereocenters. The van der Waals surface area contributed by atoms with Gasteiger partial charge in [0.1, 0.15) is 18.6 Å². The number of aromatic nitrogens is 2. The number of benzene rings is 1. The Morgan fingerprint density at radius 2 is 1.96 bits per heavy atom. The zero-order valence-electron chi connectivity index (χ0n) is 14.0. The maximum absolute atomic E-state index is 12.3. The molecule has 0 unspecified atom stereocenters. The second-order valence-corrected chi connectivity index (χ2v) is 5.60. The molecule has 0 aliphatic carbocycles. The Bertz CT molecular complexity index is 843. The lowest BCUT2D eigenvalue weighted by Crippen LogP contribution is -2.13. The van der Waals surface area contributed by atoms with Gasteiger partial charge in [-0.3, -0.25) is 0 Å². The number of nitrogens with zero attached hydrogens (tertiary/aromatic N) is 2. The average molecular weight is 338 g/mol. The minimum atomic E-state index is -0.569. The summed E-state index contributed by atoms with van der Waals surface area (Å²) in [6.45, 7) is 3.75. The fourth-order valence-electron chi connectivity index (χ4n) is 2.19. The molecule has 2 heterocycles. The fraction of sp³-hybridized carbons (Fsp3) is 0.211. The molecule has 0 saturated carbocycles. The van der Waals surface area contributed by atoms with Crippen LogP contribution in [-0.4, -0.2) is 22.0 Å². The van der Waals surface area contributed by atoms with Crippen LogP contribution in [0.5, 0.6) is 5.75 Å². The molecule has 0 radical (unpaired) electrons. The second kappa shape index (κ2) is 7.61. The van der Waals surface area contributed by atoms with Crippen molar-refractivity contribution >= 4 is 5.97 Å². The van der Waals surface area contributed by atoms with E-state index in [0.29, 0.717) is 17.3 Å². The van der Waals surface area contributed by atoms with E-state index in [9.17, 15) is 4.79 Å². The molecule has 1 aromatic carbocycles. The van der Waals surface area contributed by atoms with E-state index in [1.165, 1.54) is 12.5 Å². The van der Waals surface area contributed by atoms with Crippen molar-refractivity contribution in [3.8, 4) is 17.2 Å². The van der Waals surface area contributed by atoms with Gasteiger partial charge in [-0.1, -0.05) is 18.2 Å². The summed E-state index contributed by atoms with van der Waals surface area (Å²) in [6.07, 6.45) is 2.92. The lowest BCUT2D eigenvalue weighted by molar-refractivity contribution is 0.0454. The molecule has 6 heteroatoms. The Balaban J connectivity index is 1.66. The molecule has 0 N–H and O–H groups in total. The molecule has 0 bridgehead atoms. The highest BCUT2D eigenvalue weighted by Gasteiger charge is 2.17. The van der Waals surface area contributed by atoms with Gasteiger partial charge in [0.25, 0.3) is 0 Å². The SMILES string of the molecule is CC(C)Oc1cccnc1C(=O)OCc1coc(-c2ccccc2)n1. The van der Waals surface area contributed by atoms with Crippen LogP contribution in [-0.2, 0) is 11.3 Å². The average Bonchev–Trinajstić information content (AvgIpc) is 3.09. The molecule has 0 saturated heterocycles. The summed E-state index contributed by atoms with van der Waals surface area (Å²) < 4.78 is 16.3. The number of ether oxygens (including phenoxy) is 2. The third-order valence-corrected chi connectivity index (χ3v) is 3.25. The summed E-state index contributed by atoms with van der Waals surface area (Å²) in [7, 11) is 0. The van der Waals surface area contributed by atoms with Crippen LogP contribution >= 0.6 is 0 Å². The fourth-order valence-corrected chi connectivity index (χ4v) is 2.19. The largest absolute Gasteiger partial charge is 0.488 e. The number of rotatable bonds is 6. The predicted molar refractivity (Wildman–Crippen MR) is 91.1 cm³/mol. The molecule has 0 aliphatic heterocycles. The summed E-state index contributed by atoms with van der Waals surface area (Å²) in [6, 6.07) is 12.9. The Hall–Kier alpha value is -3.15. The van der Waals surface area contributed by atoms with Crippen molar-refractivity contribution in [2.75, 3.05) is 0 Å². The lowest BCUT2D eigenvalue weighted by atomic mass is 10.2. The van der Waals surface area contributed by atoms with Crippen LogP contribution in [0.1, 0.15) is 30.0 Å². The van der Waals surface area contributed by atoms with Crippen molar-refractivity contribution in [1.29, 1.82) is 0 Å². The minimum Gasteiger partial charge on any atom is -0.488 e. The smallest absolute Gasteiger partial charge is 0.361 e. The highest BCUT2D eigenvalue weighted by molar-refractivity contribution is 5.90. The van der Waals surface area contributed by atoms with Gasteiger partial charge in [-0.2, -0.15) is 0 Å². The Morgan fingerprint density at radius 3 is 2.72 bits per heavy atom. The molecule has 0 amide bonds. The Kier molecular flexibility index (Phi) is 5.09. The van der Waals surface area contributed by atoms with E-state index in [4.69, 9.17) is 13.9 Å². The van der Waals surface area contributed by atoms with E-state index in [1.807, 2.05) is 44.2 Å². The molecule has 25 heavy (non-hydrogen) atoms. The highest BCUT2D eigenvalue weighted by atomic mass is 16.5. The molecular formula is C19H18N2O4. The maximum Gasteiger partial charge on any atom is 0.361 e. The van der Waals surface area contributed by atoms with Gasteiger partial charge in [-0.05, 0) is 38.1 Å². The van der Waals surface area contributed by atoms with Crippen LogP contribution in [0.3, 0.4) is 0 Å². The normalized spacial score (nSPS) is 10.7.